The van der Waals surface area contributed by atoms with Crippen LogP contribution in [0.1, 0.15) is 18.3 Å². The van der Waals surface area contributed by atoms with Gasteiger partial charge in [0.2, 0.25) is 0 Å². The molecule has 2 aromatic rings. The molecule has 1 heterocycles. The summed E-state index contributed by atoms with van der Waals surface area (Å²) < 4.78 is 39.4. The zero-order valence-electron chi connectivity index (χ0n) is 10.3. The first-order valence-electron chi connectivity index (χ1n) is 5.79. The molecule has 0 saturated heterocycles. The zero-order valence-corrected chi connectivity index (χ0v) is 10.3. The fraction of sp³-hybridized carbons (Fsp3) is 0.333. The summed E-state index contributed by atoms with van der Waals surface area (Å²) in [5.41, 5.74) is -0.352. The second kappa shape index (κ2) is 5.40. The topological polar surface area (TPSA) is 42.7 Å². The first-order chi connectivity index (χ1) is 9.02. The van der Waals surface area contributed by atoms with E-state index in [2.05, 4.69) is 15.4 Å². The lowest BCUT2D eigenvalue weighted by molar-refractivity contribution is -0.137. The molecule has 1 N–H and O–H groups in total. The Balaban J connectivity index is 2.34. The third-order valence-electron chi connectivity index (χ3n) is 2.57. The van der Waals surface area contributed by atoms with Crippen LogP contribution in [0.4, 0.5) is 13.2 Å². The molecule has 7 heteroatoms. The van der Waals surface area contributed by atoms with E-state index in [0.29, 0.717) is 18.1 Å². The predicted octanol–water partition coefficient (Wildman–Crippen LogP) is 2.40. The smallest absolute Gasteiger partial charge is 0.310 e. The average Bonchev–Trinajstić information content (AvgIpc) is 2.83. The van der Waals surface area contributed by atoms with Crippen LogP contribution in [0.25, 0.3) is 5.69 Å². The summed E-state index contributed by atoms with van der Waals surface area (Å²) in [7, 11) is 0. The van der Waals surface area contributed by atoms with E-state index in [1.807, 2.05) is 6.92 Å². The van der Waals surface area contributed by atoms with Gasteiger partial charge in [-0.05, 0) is 24.7 Å². The lowest BCUT2D eigenvalue weighted by Gasteiger charge is -2.10. The normalized spacial score (nSPS) is 11.8. The van der Waals surface area contributed by atoms with Crippen molar-refractivity contribution in [1.82, 2.24) is 20.1 Å². The fourth-order valence-electron chi connectivity index (χ4n) is 1.65. The monoisotopic (exact) mass is 270 g/mol. The number of halogens is 3. The zero-order chi connectivity index (χ0) is 13.9. The van der Waals surface area contributed by atoms with Gasteiger partial charge in [0.1, 0.15) is 12.2 Å². The Kier molecular flexibility index (Phi) is 3.84. The van der Waals surface area contributed by atoms with Crippen molar-refractivity contribution >= 4 is 0 Å². The van der Waals surface area contributed by atoms with E-state index < -0.39 is 11.7 Å². The molecule has 4 nitrogen and oxygen atoms in total. The van der Waals surface area contributed by atoms with E-state index in [0.717, 1.165) is 18.7 Å². The number of aromatic nitrogens is 3. The van der Waals surface area contributed by atoms with Gasteiger partial charge in [-0.25, -0.2) is 9.67 Å². The highest BCUT2D eigenvalue weighted by Gasteiger charge is 2.30. The van der Waals surface area contributed by atoms with Crippen LogP contribution in [0.15, 0.2) is 30.6 Å². The fourth-order valence-corrected chi connectivity index (χ4v) is 1.65. The van der Waals surface area contributed by atoms with Gasteiger partial charge in [0.15, 0.2) is 0 Å². The molecule has 2 rings (SSSR count). The van der Waals surface area contributed by atoms with Gasteiger partial charge >= 0.3 is 6.18 Å². The Morgan fingerprint density at radius 2 is 2.11 bits per heavy atom. The molecule has 0 saturated carbocycles. The van der Waals surface area contributed by atoms with Crippen molar-refractivity contribution in [1.29, 1.82) is 0 Å². The van der Waals surface area contributed by atoms with Gasteiger partial charge in [0.25, 0.3) is 0 Å². The molecule has 1 aromatic carbocycles. The average molecular weight is 270 g/mol. The number of nitrogens with zero attached hydrogens (tertiary/aromatic N) is 3. The molecule has 102 valence electrons. The van der Waals surface area contributed by atoms with Crippen LogP contribution in [0, 0.1) is 0 Å². The van der Waals surface area contributed by atoms with Crippen LogP contribution >= 0.6 is 0 Å². The van der Waals surface area contributed by atoms with Crippen molar-refractivity contribution in [2.75, 3.05) is 6.54 Å². The van der Waals surface area contributed by atoms with E-state index >= 15 is 0 Å². The van der Waals surface area contributed by atoms with E-state index in [1.54, 1.807) is 6.07 Å². The molecule has 0 spiro atoms. The van der Waals surface area contributed by atoms with Gasteiger partial charge in [-0.1, -0.05) is 13.0 Å². The van der Waals surface area contributed by atoms with Gasteiger partial charge in [-0.3, -0.25) is 0 Å². The predicted molar refractivity (Wildman–Crippen MR) is 63.7 cm³/mol. The molecular weight excluding hydrogens is 257 g/mol. The van der Waals surface area contributed by atoms with Gasteiger partial charge in [-0.15, -0.1) is 0 Å². The Labute approximate surface area is 108 Å². The van der Waals surface area contributed by atoms with E-state index in [9.17, 15) is 13.2 Å². The Morgan fingerprint density at radius 3 is 2.79 bits per heavy atom. The highest BCUT2D eigenvalue weighted by Crippen LogP contribution is 2.30. The van der Waals surface area contributed by atoms with Crippen molar-refractivity contribution < 1.29 is 13.2 Å². The molecule has 19 heavy (non-hydrogen) atoms. The standard InChI is InChI=1S/C12H13F3N4/c1-2-16-7-11-17-8-18-19(11)10-5-3-4-9(6-10)12(13,14)15/h3-6,8,16H,2,7H2,1H3. The third kappa shape index (κ3) is 3.11. The van der Waals surface area contributed by atoms with Crippen molar-refractivity contribution in [3.63, 3.8) is 0 Å². The minimum atomic E-state index is -4.36. The minimum Gasteiger partial charge on any atom is -0.310 e. The highest BCUT2D eigenvalue weighted by atomic mass is 19.4. The quantitative estimate of drug-likeness (QED) is 0.927. The van der Waals surface area contributed by atoms with E-state index in [-0.39, 0.29) is 0 Å². The van der Waals surface area contributed by atoms with Crippen molar-refractivity contribution in [3.8, 4) is 5.69 Å². The largest absolute Gasteiger partial charge is 0.416 e. The maximum absolute atomic E-state index is 12.7. The number of hydrogen-bond acceptors (Lipinski definition) is 3. The lowest BCUT2D eigenvalue weighted by Crippen LogP contribution is -2.16. The van der Waals surface area contributed by atoms with Crippen LogP contribution in [0.5, 0.6) is 0 Å². The summed E-state index contributed by atoms with van der Waals surface area (Å²) in [6.45, 7) is 3.13. The molecular formula is C12H13F3N4. The van der Waals surface area contributed by atoms with Gasteiger partial charge in [0, 0.05) is 0 Å². The maximum atomic E-state index is 12.7. The molecule has 0 aliphatic heterocycles. The highest BCUT2D eigenvalue weighted by molar-refractivity contribution is 5.36. The minimum absolute atomic E-state index is 0.347. The molecule has 0 aliphatic carbocycles. The molecule has 0 radical (unpaired) electrons. The first-order valence-corrected chi connectivity index (χ1v) is 5.79. The molecule has 0 bridgehead atoms. The van der Waals surface area contributed by atoms with E-state index in [1.165, 1.54) is 17.1 Å². The second-order valence-electron chi connectivity index (χ2n) is 3.92. The van der Waals surface area contributed by atoms with Crippen LogP contribution < -0.4 is 5.32 Å². The number of nitrogens with one attached hydrogen (secondary N) is 1. The lowest BCUT2D eigenvalue weighted by atomic mass is 10.2. The first kappa shape index (κ1) is 13.5. The molecule has 0 atom stereocenters. The summed E-state index contributed by atoms with van der Waals surface area (Å²) in [6.07, 6.45) is -3.04. The summed E-state index contributed by atoms with van der Waals surface area (Å²) in [5.74, 6) is 0.571. The van der Waals surface area contributed by atoms with Crippen LogP contribution in [0.3, 0.4) is 0 Å². The summed E-state index contributed by atoms with van der Waals surface area (Å²) in [6, 6.07) is 5.02. The van der Waals surface area contributed by atoms with Gasteiger partial charge < -0.3 is 5.32 Å². The summed E-state index contributed by atoms with van der Waals surface area (Å²) >= 11 is 0. The van der Waals surface area contributed by atoms with Crippen molar-refractivity contribution in [3.05, 3.63) is 42.0 Å². The van der Waals surface area contributed by atoms with Crippen molar-refractivity contribution in [2.45, 2.75) is 19.6 Å². The molecule has 0 fully saturated rings. The molecule has 1 aromatic heterocycles. The van der Waals surface area contributed by atoms with Crippen LogP contribution in [-0.4, -0.2) is 21.3 Å². The Morgan fingerprint density at radius 1 is 1.32 bits per heavy atom. The summed E-state index contributed by atoms with van der Waals surface area (Å²) in [4.78, 5) is 4.03. The van der Waals surface area contributed by atoms with Crippen LogP contribution in [0.2, 0.25) is 0 Å². The Hall–Kier alpha value is -1.89. The number of benzene rings is 1. The Bertz CT molecular complexity index is 548. The number of rotatable bonds is 4. The van der Waals surface area contributed by atoms with E-state index in [4.69, 9.17) is 0 Å². The van der Waals surface area contributed by atoms with Gasteiger partial charge in [-0.2, -0.15) is 18.3 Å². The molecule has 0 amide bonds. The third-order valence-corrected chi connectivity index (χ3v) is 2.57. The number of hydrogen-bond donors (Lipinski definition) is 1. The number of alkyl halides is 3. The van der Waals surface area contributed by atoms with Crippen molar-refractivity contribution in [2.24, 2.45) is 0 Å². The second-order valence-corrected chi connectivity index (χ2v) is 3.92. The SMILES string of the molecule is CCNCc1ncnn1-c1cccc(C(F)(F)F)c1. The molecule has 0 aliphatic rings. The summed E-state index contributed by atoms with van der Waals surface area (Å²) in [5, 5.41) is 7.02. The maximum Gasteiger partial charge on any atom is 0.416 e. The van der Waals surface area contributed by atoms with Crippen LogP contribution in [-0.2, 0) is 12.7 Å². The molecule has 0 unspecified atom stereocenters. The van der Waals surface area contributed by atoms with Gasteiger partial charge in [0.05, 0.1) is 17.8 Å².